The summed E-state index contributed by atoms with van der Waals surface area (Å²) in [5.41, 5.74) is 0.836. The second-order valence-electron chi connectivity index (χ2n) is 6.92. The van der Waals surface area contributed by atoms with E-state index in [1.54, 1.807) is 13.3 Å². The second-order valence-corrected chi connectivity index (χ2v) is 6.92. The Kier molecular flexibility index (Phi) is 5.96. The van der Waals surface area contributed by atoms with Gasteiger partial charge in [0, 0.05) is 44.2 Å². The van der Waals surface area contributed by atoms with Crippen LogP contribution in [0.3, 0.4) is 0 Å². The summed E-state index contributed by atoms with van der Waals surface area (Å²) in [5.74, 6) is 1.80. The summed E-state index contributed by atoms with van der Waals surface area (Å²) in [4.78, 5) is 11.4. The first-order chi connectivity index (χ1) is 13.3. The van der Waals surface area contributed by atoms with Gasteiger partial charge in [-0.2, -0.15) is 4.98 Å². The predicted octanol–water partition coefficient (Wildman–Crippen LogP) is 2.47. The van der Waals surface area contributed by atoms with Crippen molar-refractivity contribution < 1.29 is 18.7 Å². The van der Waals surface area contributed by atoms with Gasteiger partial charge in [-0.1, -0.05) is 5.16 Å². The Hall–Kier alpha value is -2.03. The Balaban J connectivity index is 1.47. The molecule has 0 bridgehead atoms. The largest absolute Gasteiger partial charge is 0.475 e. The van der Waals surface area contributed by atoms with Crippen molar-refractivity contribution in [3.05, 3.63) is 24.2 Å². The van der Waals surface area contributed by atoms with Crippen LogP contribution in [0.5, 0.6) is 5.88 Å². The lowest BCUT2D eigenvalue weighted by Crippen LogP contribution is -2.39. The van der Waals surface area contributed by atoms with E-state index in [9.17, 15) is 0 Å². The molecule has 0 saturated carbocycles. The Morgan fingerprint density at radius 1 is 1.22 bits per heavy atom. The summed E-state index contributed by atoms with van der Waals surface area (Å²) in [6.45, 7) is 3.73. The standard InChI is InChI=1S/C19H26N4O4/c1-24-11-12-26-17-13-14(4-7-20-17)18-21-19(27-22-18)16-3-2-8-23(16)15-5-9-25-10-6-15/h4,7,13,15-16H,2-3,5-6,8-12H2,1H3. The Morgan fingerprint density at radius 3 is 2.96 bits per heavy atom. The van der Waals surface area contributed by atoms with Crippen molar-refractivity contribution in [2.75, 3.05) is 40.1 Å². The van der Waals surface area contributed by atoms with Crippen LogP contribution in [0.25, 0.3) is 11.4 Å². The number of ether oxygens (including phenoxy) is 3. The molecule has 0 aliphatic carbocycles. The van der Waals surface area contributed by atoms with Crippen LogP contribution < -0.4 is 4.74 Å². The monoisotopic (exact) mass is 374 g/mol. The minimum absolute atomic E-state index is 0.202. The van der Waals surface area contributed by atoms with Gasteiger partial charge in [0.2, 0.25) is 17.6 Å². The summed E-state index contributed by atoms with van der Waals surface area (Å²) < 4.78 is 21.7. The van der Waals surface area contributed by atoms with Crippen LogP contribution in [0.4, 0.5) is 0 Å². The highest BCUT2D eigenvalue weighted by Crippen LogP contribution is 2.36. The lowest BCUT2D eigenvalue weighted by atomic mass is 10.1. The average molecular weight is 374 g/mol. The fourth-order valence-electron chi connectivity index (χ4n) is 3.85. The molecule has 2 fully saturated rings. The quantitative estimate of drug-likeness (QED) is 0.684. The summed E-state index contributed by atoms with van der Waals surface area (Å²) in [6, 6.07) is 4.44. The zero-order valence-corrected chi connectivity index (χ0v) is 15.7. The topological polar surface area (TPSA) is 82.7 Å². The highest BCUT2D eigenvalue weighted by Gasteiger charge is 2.36. The van der Waals surface area contributed by atoms with Gasteiger partial charge in [0.25, 0.3) is 0 Å². The number of nitrogens with zero attached hydrogens (tertiary/aromatic N) is 4. The van der Waals surface area contributed by atoms with E-state index in [1.807, 2.05) is 12.1 Å². The fourth-order valence-corrected chi connectivity index (χ4v) is 3.85. The van der Waals surface area contributed by atoms with Gasteiger partial charge in [-0.05, 0) is 38.3 Å². The molecular weight excluding hydrogens is 348 g/mol. The van der Waals surface area contributed by atoms with Crippen LogP contribution in [0.15, 0.2) is 22.9 Å². The first-order valence-electron chi connectivity index (χ1n) is 9.60. The van der Waals surface area contributed by atoms with Gasteiger partial charge in [0.15, 0.2) is 0 Å². The molecule has 0 N–H and O–H groups in total. The number of rotatable bonds is 7. The smallest absolute Gasteiger partial charge is 0.244 e. The molecule has 1 atom stereocenters. The highest BCUT2D eigenvalue weighted by atomic mass is 16.5. The highest BCUT2D eigenvalue weighted by molar-refractivity contribution is 5.55. The molecule has 2 aliphatic heterocycles. The van der Waals surface area contributed by atoms with E-state index in [0.717, 1.165) is 51.0 Å². The number of likely N-dealkylation sites (tertiary alicyclic amines) is 1. The van der Waals surface area contributed by atoms with Gasteiger partial charge >= 0.3 is 0 Å². The third-order valence-corrected chi connectivity index (χ3v) is 5.21. The maximum absolute atomic E-state index is 5.65. The van der Waals surface area contributed by atoms with Gasteiger partial charge in [-0.25, -0.2) is 4.98 Å². The minimum atomic E-state index is 0.202. The van der Waals surface area contributed by atoms with E-state index in [0.29, 0.717) is 36.9 Å². The van der Waals surface area contributed by atoms with Crippen molar-refractivity contribution in [3.8, 4) is 17.3 Å². The summed E-state index contributed by atoms with van der Waals surface area (Å²) >= 11 is 0. The number of pyridine rings is 1. The Bertz CT molecular complexity index is 732. The van der Waals surface area contributed by atoms with E-state index in [2.05, 4.69) is 20.0 Å². The number of aromatic nitrogens is 3. The predicted molar refractivity (Wildman–Crippen MR) is 97.4 cm³/mol. The van der Waals surface area contributed by atoms with Crippen LogP contribution in [0.2, 0.25) is 0 Å². The summed E-state index contributed by atoms with van der Waals surface area (Å²) in [6.07, 6.45) is 6.05. The zero-order valence-electron chi connectivity index (χ0n) is 15.7. The van der Waals surface area contributed by atoms with E-state index in [4.69, 9.17) is 18.7 Å². The zero-order chi connectivity index (χ0) is 18.5. The first kappa shape index (κ1) is 18.3. The molecule has 2 aromatic rings. The van der Waals surface area contributed by atoms with E-state index in [1.165, 1.54) is 0 Å². The molecule has 2 aliphatic rings. The SMILES string of the molecule is COCCOc1cc(-c2noc(C3CCCN3C3CCOCC3)n2)ccn1. The van der Waals surface area contributed by atoms with Crippen molar-refractivity contribution in [1.82, 2.24) is 20.0 Å². The minimum Gasteiger partial charge on any atom is -0.475 e. The van der Waals surface area contributed by atoms with Crippen LogP contribution >= 0.6 is 0 Å². The Morgan fingerprint density at radius 2 is 2.11 bits per heavy atom. The van der Waals surface area contributed by atoms with Gasteiger partial charge in [-0.3, -0.25) is 4.90 Å². The molecule has 4 rings (SSSR count). The lowest BCUT2D eigenvalue weighted by Gasteiger charge is -2.33. The molecule has 2 saturated heterocycles. The molecule has 1 unspecified atom stereocenters. The van der Waals surface area contributed by atoms with Gasteiger partial charge < -0.3 is 18.7 Å². The average Bonchev–Trinajstić information content (AvgIpc) is 3.39. The maximum Gasteiger partial charge on any atom is 0.244 e. The van der Waals surface area contributed by atoms with Gasteiger partial charge in [0.05, 0.1) is 12.6 Å². The van der Waals surface area contributed by atoms with Crippen LogP contribution in [0, 0.1) is 0 Å². The molecular formula is C19H26N4O4. The molecule has 2 aromatic heterocycles. The van der Waals surface area contributed by atoms with E-state index in [-0.39, 0.29) is 6.04 Å². The Labute approximate surface area is 158 Å². The molecule has 0 radical (unpaired) electrons. The van der Waals surface area contributed by atoms with Crippen LogP contribution in [-0.4, -0.2) is 66.1 Å². The summed E-state index contributed by atoms with van der Waals surface area (Å²) in [7, 11) is 1.64. The molecule has 4 heterocycles. The molecule has 8 heteroatoms. The van der Waals surface area contributed by atoms with Crippen molar-refractivity contribution in [2.24, 2.45) is 0 Å². The number of hydrogen-bond donors (Lipinski definition) is 0. The van der Waals surface area contributed by atoms with Crippen molar-refractivity contribution in [1.29, 1.82) is 0 Å². The normalized spacial score (nSPS) is 21.6. The number of hydrogen-bond acceptors (Lipinski definition) is 8. The van der Waals surface area contributed by atoms with E-state index < -0.39 is 0 Å². The van der Waals surface area contributed by atoms with Gasteiger partial charge in [0.1, 0.15) is 6.61 Å². The molecule has 0 amide bonds. The molecule has 0 spiro atoms. The van der Waals surface area contributed by atoms with Crippen LogP contribution in [0.1, 0.15) is 37.6 Å². The maximum atomic E-state index is 5.65. The van der Waals surface area contributed by atoms with Crippen molar-refractivity contribution in [2.45, 2.75) is 37.8 Å². The molecule has 8 nitrogen and oxygen atoms in total. The molecule has 146 valence electrons. The molecule has 27 heavy (non-hydrogen) atoms. The summed E-state index contributed by atoms with van der Waals surface area (Å²) in [5, 5.41) is 4.20. The second kappa shape index (κ2) is 8.77. The number of methoxy groups -OCH3 is 1. The fraction of sp³-hybridized carbons (Fsp3) is 0.632. The third-order valence-electron chi connectivity index (χ3n) is 5.21. The van der Waals surface area contributed by atoms with Gasteiger partial charge in [-0.15, -0.1) is 0 Å². The third kappa shape index (κ3) is 4.28. The van der Waals surface area contributed by atoms with Crippen LogP contribution in [-0.2, 0) is 9.47 Å². The van der Waals surface area contributed by atoms with E-state index >= 15 is 0 Å². The molecule has 0 aromatic carbocycles. The lowest BCUT2D eigenvalue weighted by molar-refractivity contribution is 0.0243. The first-order valence-corrected chi connectivity index (χ1v) is 9.60. The van der Waals surface area contributed by atoms with Crippen molar-refractivity contribution in [3.63, 3.8) is 0 Å². The van der Waals surface area contributed by atoms with Crippen molar-refractivity contribution >= 4 is 0 Å².